The third-order valence-corrected chi connectivity index (χ3v) is 1.94. The van der Waals surface area contributed by atoms with Gasteiger partial charge in [0.1, 0.15) is 5.82 Å². The van der Waals surface area contributed by atoms with E-state index in [2.05, 4.69) is 0 Å². The smallest absolute Gasteiger partial charge is 0.266 e. The van der Waals surface area contributed by atoms with Crippen molar-refractivity contribution in [1.82, 2.24) is 0 Å². The maximum Gasteiger partial charge on any atom is 0.266 e. The van der Waals surface area contributed by atoms with E-state index in [1.54, 1.807) is 0 Å². The first kappa shape index (κ1) is 11.0. The summed E-state index contributed by atoms with van der Waals surface area (Å²) in [6.45, 7) is 0.146. The topological polar surface area (TPSA) is 52.0 Å². The molecule has 0 spiro atoms. The summed E-state index contributed by atoms with van der Waals surface area (Å²) in [5, 5.41) is 0. The molecule has 0 aliphatic carbocycles. The van der Waals surface area contributed by atoms with Gasteiger partial charge in [-0.15, -0.1) is 0 Å². The van der Waals surface area contributed by atoms with Gasteiger partial charge in [0, 0.05) is 12.6 Å². The summed E-state index contributed by atoms with van der Waals surface area (Å²) in [7, 11) is 0. The average molecular weight is 204 g/mol. The van der Waals surface area contributed by atoms with Gasteiger partial charge in [-0.05, 0) is 11.6 Å². The van der Waals surface area contributed by atoms with Crippen LogP contribution in [0.15, 0.2) is 18.2 Å². The molecule has 1 aromatic rings. The van der Waals surface area contributed by atoms with Crippen LogP contribution in [0, 0.1) is 5.82 Å². The van der Waals surface area contributed by atoms with Crippen molar-refractivity contribution in [2.24, 2.45) is 11.5 Å². The number of hydrogen-bond acceptors (Lipinski definition) is 2. The van der Waals surface area contributed by atoms with Gasteiger partial charge in [0.25, 0.3) is 6.43 Å². The van der Waals surface area contributed by atoms with E-state index >= 15 is 0 Å². The molecule has 1 unspecified atom stereocenters. The lowest BCUT2D eigenvalue weighted by Gasteiger charge is -2.10. The van der Waals surface area contributed by atoms with Crippen molar-refractivity contribution in [3.8, 4) is 0 Å². The van der Waals surface area contributed by atoms with Gasteiger partial charge in [-0.3, -0.25) is 0 Å². The van der Waals surface area contributed by atoms with E-state index in [1.165, 1.54) is 6.07 Å². The molecule has 0 aliphatic heterocycles. The van der Waals surface area contributed by atoms with Crippen LogP contribution < -0.4 is 11.5 Å². The van der Waals surface area contributed by atoms with Gasteiger partial charge >= 0.3 is 0 Å². The number of hydrogen-bond donors (Lipinski definition) is 2. The predicted octanol–water partition coefficient (Wildman–Crippen LogP) is 1.72. The second-order valence-electron chi connectivity index (χ2n) is 2.92. The lowest BCUT2D eigenvalue weighted by Crippen LogP contribution is -2.20. The second kappa shape index (κ2) is 4.43. The van der Waals surface area contributed by atoms with Crippen LogP contribution in [-0.2, 0) is 0 Å². The molecule has 0 aliphatic rings. The highest BCUT2D eigenvalue weighted by molar-refractivity contribution is 5.27. The Morgan fingerprint density at radius 3 is 2.36 bits per heavy atom. The molecular weight excluding hydrogens is 193 g/mol. The molecule has 0 saturated carbocycles. The van der Waals surface area contributed by atoms with Crippen molar-refractivity contribution in [3.63, 3.8) is 0 Å². The Morgan fingerprint density at radius 1 is 1.29 bits per heavy atom. The summed E-state index contributed by atoms with van der Waals surface area (Å²) in [5.41, 5.74) is 10.6. The first-order valence-corrected chi connectivity index (χ1v) is 4.09. The van der Waals surface area contributed by atoms with E-state index in [0.717, 1.165) is 12.1 Å². The van der Waals surface area contributed by atoms with Crippen LogP contribution in [0.5, 0.6) is 0 Å². The Balaban J connectivity index is 3.00. The van der Waals surface area contributed by atoms with Crippen molar-refractivity contribution in [1.29, 1.82) is 0 Å². The summed E-state index contributed by atoms with van der Waals surface area (Å²) in [6, 6.07) is 2.88. The van der Waals surface area contributed by atoms with Gasteiger partial charge in [-0.2, -0.15) is 0 Å². The molecule has 78 valence electrons. The Kier molecular flexibility index (Phi) is 3.49. The molecule has 1 rings (SSSR count). The highest BCUT2D eigenvalue weighted by Crippen LogP contribution is 2.23. The zero-order valence-corrected chi connectivity index (χ0v) is 7.38. The Labute approximate surface area is 79.7 Å². The van der Waals surface area contributed by atoms with E-state index in [-0.39, 0.29) is 6.54 Å². The van der Waals surface area contributed by atoms with E-state index in [4.69, 9.17) is 11.5 Å². The van der Waals surface area contributed by atoms with Crippen LogP contribution in [0.25, 0.3) is 0 Å². The normalized spacial score (nSPS) is 13.3. The molecule has 0 bridgehead atoms. The summed E-state index contributed by atoms with van der Waals surface area (Å²) >= 11 is 0. The predicted molar refractivity (Wildman–Crippen MR) is 47.3 cm³/mol. The standard InChI is InChI=1S/C9H11F3N2/c10-7-3-5(8(14)4-13)1-2-6(7)9(11)12/h1-3,8-9H,4,13-14H2. The zero-order chi connectivity index (χ0) is 10.7. The van der Waals surface area contributed by atoms with Gasteiger partial charge in [0.05, 0.1) is 5.56 Å². The van der Waals surface area contributed by atoms with Crippen molar-refractivity contribution in [2.45, 2.75) is 12.5 Å². The third-order valence-electron chi connectivity index (χ3n) is 1.94. The molecule has 14 heavy (non-hydrogen) atoms. The summed E-state index contributed by atoms with van der Waals surface area (Å²) in [5.74, 6) is -0.943. The minimum Gasteiger partial charge on any atom is -0.329 e. The highest BCUT2D eigenvalue weighted by atomic mass is 19.3. The molecule has 0 saturated heterocycles. The maximum atomic E-state index is 13.0. The fourth-order valence-corrected chi connectivity index (χ4v) is 1.09. The van der Waals surface area contributed by atoms with Gasteiger partial charge in [0.2, 0.25) is 0 Å². The monoisotopic (exact) mass is 204 g/mol. The van der Waals surface area contributed by atoms with Gasteiger partial charge in [0.15, 0.2) is 0 Å². The quantitative estimate of drug-likeness (QED) is 0.787. The number of benzene rings is 1. The van der Waals surface area contributed by atoms with Crippen LogP contribution in [-0.4, -0.2) is 6.54 Å². The fourth-order valence-electron chi connectivity index (χ4n) is 1.09. The molecule has 1 atom stereocenters. The summed E-state index contributed by atoms with van der Waals surface area (Å²) in [4.78, 5) is 0. The number of alkyl halides is 2. The Morgan fingerprint density at radius 2 is 1.93 bits per heavy atom. The Bertz CT molecular complexity index is 315. The molecule has 0 amide bonds. The SMILES string of the molecule is NCC(N)c1ccc(C(F)F)c(F)c1. The molecular formula is C9H11F3N2. The minimum absolute atomic E-state index is 0.146. The molecule has 0 heterocycles. The van der Waals surface area contributed by atoms with Crippen molar-refractivity contribution in [2.75, 3.05) is 6.54 Å². The summed E-state index contributed by atoms with van der Waals surface area (Å²) in [6.07, 6.45) is -2.81. The van der Waals surface area contributed by atoms with Gasteiger partial charge in [-0.25, -0.2) is 13.2 Å². The van der Waals surface area contributed by atoms with Gasteiger partial charge < -0.3 is 11.5 Å². The van der Waals surface area contributed by atoms with E-state index < -0.39 is 23.8 Å². The first-order chi connectivity index (χ1) is 6.56. The largest absolute Gasteiger partial charge is 0.329 e. The van der Waals surface area contributed by atoms with E-state index in [0.29, 0.717) is 5.56 Å². The van der Waals surface area contributed by atoms with Crippen LogP contribution in [0.3, 0.4) is 0 Å². The average Bonchev–Trinajstić information content (AvgIpc) is 2.15. The molecule has 5 heteroatoms. The zero-order valence-electron chi connectivity index (χ0n) is 7.38. The highest BCUT2D eigenvalue weighted by Gasteiger charge is 2.14. The Hall–Kier alpha value is -1.07. The number of rotatable bonds is 3. The lowest BCUT2D eigenvalue weighted by molar-refractivity contribution is 0.146. The third kappa shape index (κ3) is 2.24. The molecule has 0 fully saturated rings. The van der Waals surface area contributed by atoms with E-state index in [1.807, 2.05) is 0 Å². The van der Waals surface area contributed by atoms with Crippen LogP contribution in [0.1, 0.15) is 23.6 Å². The van der Waals surface area contributed by atoms with E-state index in [9.17, 15) is 13.2 Å². The number of nitrogens with two attached hydrogens (primary N) is 2. The van der Waals surface area contributed by atoms with Crippen molar-refractivity contribution >= 4 is 0 Å². The minimum atomic E-state index is -2.81. The van der Waals surface area contributed by atoms with Crippen LogP contribution in [0.4, 0.5) is 13.2 Å². The number of halogens is 3. The van der Waals surface area contributed by atoms with Crippen LogP contribution in [0.2, 0.25) is 0 Å². The van der Waals surface area contributed by atoms with Crippen LogP contribution >= 0.6 is 0 Å². The van der Waals surface area contributed by atoms with Crippen molar-refractivity contribution in [3.05, 3.63) is 35.1 Å². The molecule has 2 nitrogen and oxygen atoms in total. The van der Waals surface area contributed by atoms with Gasteiger partial charge in [-0.1, -0.05) is 12.1 Å². The lowest BCUT2D eigenvalue weighted by atomic mass is 10.1. The molecule has 0 radical (unpaired) electrons. The molecule has 4 N–H and O–H groups in total. The summed E-state index contributed by atoms with van der Waals surface area (Å²) < 4.78 is 37.3. The maximum absolute atomic E-state index is 13.0. The molecule has 0 aromatic heterocycles. The molecule has 1 aromatic carbocycles. The second-order valence-corrected chi connectivity index (χ2v) is 2.92. The fraction of sp³-hybridized carbons (Fsp3) is 0.333. The first-order valence-electron chi connectivity index (χ1n) is 4.09. The van der Waals surface area contributed by atoms with Crippen molar-refractivity contribution < 1.29 is 13.2 Å².